The number of carboxylic acids is 2. The molecular weight excluding hydrogens is 572 g/mol. The van der Waals surface area contributed by atoms with Crippen molar-refractivity contribution in [2.45, 2.75) is 26.7 Å². The lowest BCUT2D eigenvalue weighted by molar-refractivity contribution is -0.385. The van der Waals surface area contributed by atoms with Gasteiger partial charge in [-0.2, -0.15) is 5.10 Å². The number of carboxylic acid groups (broad SMARTS) is 2. The largest absolute Gasteiger partial charge is 0.487 e. The van der Waals surface area contributed by atoms with Crippen LogP contribution in [0, 0.1) is 10.1 Å². The number of ether oxygens (including phenoxy) is 1. The van der Waals surface area contributed by atoms with Gasteiger partial charge in [0.1, 0.15) is 10.0 Å². The lowest BCUT2D eigenvalue weighted by Gasteiger charge is -2.13. The summed E-state index contributed by atoms with van der Waals surface area (Å²) in [5, 5.41) is 32.7. The van der Waals surface area contributed by atoms with Crippen molar-refractivity contribution >= 4 is 57.9 Å². The molecule has 0 saturated carbocycles. The van der Waals surface area contributed by atoms with E-state index in [0.29, 0.717) is 26.0 Å². The minimum absolute atomic E-state index is 0.0688. The first-order valence-electron chi connectivity index (χ1n) is 12.2. The smallest absolute Gasteiger partial charge is 0.311 e. The molecule has 1 aromatic heterocycles. The Bertz CT molecular complexity index is 1500. The number of para-hydroxylation sites is 1. The van der Waals surface area contributed by atoms with Crippen molar-refractivity contribution in [3.05, 3.63) is 75.3 Å². The molecular formula is C27H26N4O8S2. The lowest BCUT2D eigenvalue weighted by Crippen LogP contribution is -2.29. The maximum absolute atomic E-state index is 13.0. The summed E-state index contributed by atoms with van der Waals surface area (Å²) in [4.78, 5) is 45.8. The van der Waals surface area contributed by atoms with Crippen molar-refractivity contribution in [1.29, 1.82) is 0 Å². The van der Waals surface area contributed by atoms with Gasteiger partial charge in [0.05, 0.1) is 22.1 Å². The second-order valence-electron chi connectivity index (χ2n) is 8.44. The molecule has 0 unspecified atom stereocenters. The van der Waals surface area contributed by atoms with E-state index in [1.54, 1.807) is 29.9 Å². The number of aliphatic carboxylic acids is 2. The van der Waals surface area contributed by atoms with Gasteiger partial charge in [0.2, 0.25) is 0 Å². The van der Waals surface area contributed by atoms with Crippen LogP contribution >= 0.6 is 24.0 Å². The molecule has 0 bridgehead atoms. The number of carbonyl (C=O) groups excluding carboxylic acids is 1. The molecule has 14 heteroatoms. The van der Waals surface area contributed by atoms with Crippen LogP contribution in [0.4, 0.5) is 5.69 Å². The van der Waals surface area contributed by atoms with Crippen LogP contribution in [-0.2, 0) is 14.4 Å². The molecule has 2 heterocycles. The van der Waals surface area contributed by atoms with Gasteiger partial charge in [-0.25, -0.2) is 4.68 Å². The predicted molar refractivity (Wildman–Crippen MR) is 157 cm³/mol. The van der Waals surface area contributed by atoms with Crippen LogP contribution in [0.3, 0.4) is 0 Å². The lowest BCUT2D eigenvalue weighted by atomic mass is 10.1. The van der Waals surface area contributed by atoms with Crippen molar-refractivity contribution in [3.63, 3.8) is 0 Å². The van der Waals surface area contributed by atoms with Crippen molar-refractivity contribution in [1.82, 2.24) is 14.7 Å². The third-order valence-electron chi connectivity index (χ3n) is 5.42. The molecule has 0 atom stereocenters. The molecule has 1 saturated heterocycles. The number of amides is 1. The van der Waals surface area contributed by atoms with Crippen LogP contribution in [0.25, 0.3) is 23.0 Å². The van der Waals surface area contributed by atoms with E-state index in [2.05, 4.69) is 5.10 Å². The topological polar surface area (TPSA) is 165 Å². The number of benzene rings is 2. The normalized spacial score (nSPS) is 13.6. The highest BCUT2D eigenvalue weighted by molar-refractivity contribution is 8.26. The summed E-state index contributed by atoms with van der Waals surface area (Å²) in [6, 6.07) is 13.9. The Balaban J connectivity index is 0.00000108. The highest BCUT2D eigenvalue weighted by atomic mass is 32.2. The number of thioether (sulfide) groups is 1. The van der Waals surface area contributed by atoms with E-state index in [-0.39, 0.29) is 43.3 Å². The molecule has 0 spiro atoms. The first kappa shape index (κ1) is 31.0. The zero-order chi connectivity index (χ0) is 30.1. The van der Waals surface area contributed by atoms with Crippen LogP contribution in [0.2, 0.25) is 0 Å². The van der Waals surface area contributed by atoms with Gasteiger partial charge in [0.15, 0.2) is 5.75 Å². The van der Waals surface area contributed by atoms with Crippen molar-refractivity contribution in [3.8, 4) is 22.7 Å². The summed E-state index contributed by atoms with van der Waals surface area (Å²) < 4.78 is 7.38. The summed E-state index contributed by atoms with van der Waals surface area (Å²) in [5.74, 6) is -1.94. The Morgan fingerprint density at radius 3 is 2.49 bits per heavy atom. The van der Waals surface area contributed by atoms with Gasteiger partial charge in [-0.15, -0.1) is 0 Å². The Kier molecular flexibility index (Phi) is 10.7. The van der Waals surface area contributed by atoms with Crippen molar-refractivity contribution in [2.24, 2.45) is 0 Å². The number of nitro benzene ring substituents is 1. The third kappa shape index (κ3) is 8.22. The van der Waals surface area contributed by atoms with E-state index >= 15 is 0 Å². The maximum atomic E-state index is 13.0. The number of hydrogen-bond acceptors (Lipinski definition) is 9. The minimum Gasteiger partial charge on any atom is -0.487 e. The zero-order valence-electron chi connectivity index (χ0n) is 22.1. The van der Waals surface area contributed by atoms with E-state index in [9.17, 15) is 19.7 Å². The fourth-order valence-corrected chi connectivity index (χ4v) is 5.04. The molecule has 4 rings (SSSR count). The number of nitro groups is 1. The van der Waals surface area contributed by atoms with Crippen molar-refractivity contribution in [2.75, 3.05) is 13.2 Å². The molecule has 1 amide bonds. The second kappa shape index (κ2) is 14.2. The SMILES string of the molecule is CC(=O)O.CCOc1ccc(-c2nn(-c3ccccc3)cc2/C=C2\SC(=S)N(CCCC(=O)O)C2=O)cc1[N+](=O)[O-]. The first-order valence-corrected chi connectivity index (χ1v) is 13.5. The van der Waals surface area contributed by atoms with E-state index in [1.165, 1.54) is 17.0 Å². The van der Waals surface area contributed by atoms with E-state index in [1.807, 2.05) is 30.3 Å². The van der Waals surface area contributed by atoms with Crippen LogP contribution in [-0.4, -0.2) is 65.1 Å². The Labute approximate surface area is 244 Å². The standard InChI is InChI=1S/C25H22N4O6S2.C2H4O2/c1-2-35-20-11-10-16(13-19(20)29(33)34)23-17(15-28(26-23)18-7-4-3-5-8-18)14-21-24(32)27(25(36)37-21)12-6-9-22(30)31;1-2(3)4/h3-5,7-8,10-11,13-15H,2,6,9,12H2,1H3,(H,30,31);1H3,(H,3,4)/b21-14-;. The van der Waals surface area contributed by atoms with Gasteiger partial charge >= 0.3 is 11.7 Å². The van der Waals surface area contributed by atoms with Crippen molar-refractivity contribution < 1.29 is 34.3 Å². The quantitative estimate of drug-likeness (QED) is 0.140. The number of carbonyl (C=O) groups is 3. The molecule has 1 aliphatic heterocycles. The third-order valence-corrected chi connectivity index (χ3v) is 6.80. The summed E-state index contributed by atoms with van der Waals surface area (Å²) in [6.07, 6.45) is 3.60. The summed E-state index contributed by atoms with van der Waals surface area (Å²) in [5.41, 5.74) is 2.06. The molecule has 1 aliphatic rings. The summed E-state index contributed by atoms with van der Waals surface area (Å²) in [6.45, 7) is 3.31. The molecule has 2 N–H and O–H groups in total. The Morgan fingerprint density at radius 2 is 1.88 bits per heavy atom. The van der Waals surface area contributed by atoms with Gasteiger partial charge in [-0.3, -0.25) is 29.4 Å². The fraction of sp³-hybridized carbons (Fsp3) is 0.222. The van der Waals surface area contributed by atoms with Crippen LogP contribution in [0.1, 0.15) is 32.3 Å². The highest BCUT2D eigenvalue weighted by Gasteiger charge is 2.32. The minimum atomic E-state index is -0.941. The molecule has 12 nitrogen and oxygen atoms in total. The van der Waals surface area contributed by atoms with E-state index in [4.69, 9.17) is 32.0 Å². The highest BCUT2D eigenvalue weighted by Crippen LogP contribution is 2.37. The Morgan fingerprint density at radius 1 is 1.20 bits per heavy atom. The average Bonchev–Trinajstić information content (AvgIpc) is 3.45. The predicted octanol–water partition coefficient (Wildman–Crippen LogP) is 5.00. The van der Waals surface area contributed by atoms with Crippen LogP contribution < -0.4 is 4.74 Å². The molecule has 3 aromatic rings. The maximum Gasteiger partial charge on any atom is 0.311 e. The average molecular weight is 599 g/mol. The van der Waals surface area contributed by atoms with Gasteiger partial charge in [-0.1, -0.05) is 42.2 Å². The number of rotatable bonds is 10. The number of hydrogen-bond donors (Lipinski definition) is 2. The molecule has 41 heavy (non-hydrogen) atoms. The zero-order valence-corrected chi connectivity index (χ0v) is 23.7. The Hall–Kier alpha value is -4.56. The van der Waals surface area contributed by atoms with Gasteiger partial charge in [0.25, 0.3) is 11.9 Å². The molecule has 0 aliphatic carbocycles. The van der Waals surface area contributed by atoms with Gasteiger partial charge in [-0.05, 0) is 43.7 Å². The molecule has 214 valence electrons. The summed E-state index contributed by atoms with van der Waals surface area (Å²) >= 11 is 6.47. The first-order chi connectivity index (χ1) is 19.5. The number of aromatic nitrogens is 2. The second-order valence-corrected chi connectivity index (χ2v) is 10.1. The van der Waals surface area contributed by atoms with E-state index in [0.717, 1.165) is 24.4 Å². The van der Waals surface area contributed by atoms with Gasteiger partial charge in [0, 0.05) is 43.3 Å². The van der Waals surface area contributed by atoms with Gasteiger partial charge < -0.3 is 14.9 Å². The number of nitrogens with zero attached hydrogens (tertiary/aromatic N) is 4. The monoisotopic (exact) mass is 598 g/mol. The molecule has 0 radical (unpaired) electrons. The van der Waals surface area contributed by atoms with E-state index < -0.39 is 16.9 Å². The number of thiocarbonyl (C=S) groups is 1. The van der Waals surface area contributed by atoms with Crippen LogP contribution in [0.5, 0.6) is 5.75 Å². The molecule has 1 fully saturated rings. The summed E-state index contributed by atoms with van der Waals surface area (Å²) in [7, 11) is 0. The van der Waals surface area contributed by atoms with Crippen LogP contribution in [0.15, 0.2) is 59.6 Å². The fourth-order valence-electron chi connectivity index (χ4n) is 3.74. The molecule has 2 aromatic carbocycles.